The maximum absolute atomic E-state index is 3.72. The number of rotatable bonds is 4. The second-order valence-electron chi connectivity index (χ2n) is 4.21. The lowest BCUT2D eigenvalue weighted by molar-refractivity contribution is 1.21. The minimum atomic E-state index is 1.06. The number of hydrogen-bond donors (Lipinski definition) is 0. The molecule has 0 aromatic carbocycles. The lowest BCUT2D eigenvalue weighted by Crippen LogP contribution is -1.75. The molecular formula is C16H20S. The van der Waals surface area contributed by atoms with E-state index in [2.05, 4.69) is 56.2 Å². The molecule has 0 nitrogen and oxygen atoms in total. The molecule has 0 atom stereocenters. The molecule has 0 aromatic rings. The molecule has 0 saturated carbocycles. The van der Waals surface area contributed by atoms with Gasteiger partial charge in [0.05, 0.1) is 0 Å². The highest BCUT2D eigenvalue weighted by Gasteiger charge is 2.00. The van der Waals surface area contributed by atoms with Crippen molar-refractivity contribution < 1.29 is 0 Å². The molecular weight excluding hydrogens is 224 g/mol. The molecule has 0 saturated heterocycles. The Hall–Kier alpha value is -1.21. The molecule has 0 bridgehead atoms. The molecule has 0 spiro atoms. The van der Waals surface area contributed by atoms with Crippen LogP contribution in [0.25, 0.3) is 0 Å². The van der Waals surface area contributed by atoms with Gasteiger partial charge in [0, 0.05) is 4.91 Å². The van der Waals surface area contributed by atoms with Gasteiger partial charge in [0.25, 0.3) is 0 Å². The zero-order valence-electron chi connectivity index (χ0n) is 10.9. The van der Waals surface area contributed by atoms with Crippen LogP contribution in [0.3, 0.4) is 0 Å². The Morgan fingerprint density at radius 1 is 1.41 bits per heavy atom. The van der Waals surface area contributed by atoms with E-state index in [4.69, 9.17) is 0 Å². The van der Waals surface area contributed by atoms with Crippen molar-refractivity contribution in [2.75, 3.05) is 0 Å². The third-order valence-corrected chi connectivity index (χ3v) is 3.52. The second-order valence-corrected chi connectivity index (χ2v) is 5.15. The fourth-order valence-corrected chi connectivity index (χ4v) is 2.21. The Labute approximate surface area is 109 Å². The van der Waals surface area contributed by atoms with Gasteiger partial charge >= 0.3 is 0 Å². The van der Waals surface area contributed by atoms with E-state index in [1.165, 1.54) is 21.6 Å². The molecule has 0 heterocycles. The van der Waals surface area contributed by atoms with Gasteiger partial charge in [-0.1, -0.05) is 65.9 Å². The molecule has 0 radical (unpaired) electrons. The molecule has 0 amide bonds. The van der Waals surface area contributed by atoms with Crippen LogP contribution in [0.5, 0.6) is 0 Å². The lowest BCUT2D eigenvalue weighted by atomic mass is 10.2. The van der Waals surface area contributed by atoms with E-state index in [0.29, 0.717) is 0 Å². The van der Waals surface area contributed by atoms with Gasteiger partial charge in [-0.05, 0) is 38.2 Å². The summed E-state index contributed by atoms with van der Waals surface area (Å²) in [5.41, 5.74) is 3.94. The number of allylic oxidation sites excluding steroid dienone is 9. The van der Waals surface area contributed by atoms with E-state index in [0.717, 1.165) is 6.42 Å². The zero-order valence-corrected chi connectivity index (χ0v) is 11.7. The quantitative estimate of drug-likeness (QED) is 0.585. The minimum absolute atomic E-state index is 1.06. The summed E-state index contributed by atoms with van der Waals surface area (Å²) in [7, 11) is 0. The molecule has 90 valence electrons. The molecule has 1 aliphatic rings. The first kappa shape index (κ1) is 13.9. The predicted octanol–water partition coefficient (Wildman–Crippen LogP) is 5.55. The van der Waals surface area contributed by atoms with Crippen LogP contribution in [0.15, 0.2) is 70.1 Å². The topological polar surface area (TPSA) is 0 Å². The number of hydrogen-bond acceptors (Lipinski definition) is 1. The van der Waals surface area contributed by atoms with Crippen LogP contribution in [-0.4, -0.2) is 0 Å². The van der Waals surface area contributed by atoms with Crippen LogP contribution in [0.2, 0.25) is 0 Å². The zero-order chi connectivity index (χ0) is 12.7. The monoisotopic (exact) mass is 244 g/mol. The standard InChI is InChI=1S/C16H20S/c1-5-13(2)9-7-11-17-16-10-6-8-14(3)12-15(16)4/h5-7,9-12H,1,8H2,2-4H3/b11-7+,13-9-. The Kier molecular flexibility index (Phi) is 5.85. The van der Waals surface area contributed by atoms with Gasteiger partial charge in [-0.3, -0.25) is 0 Å². The van der Waals surface area contributed by atoms with Gasteiger partial charge in [-0.15, -0.1) is 0 Å². The van der Waals surface area contributed by atoms with Gasteiger partial charge < -0.3 is 0 Å². The molecule has 0 aromatic heterocycles. The van der Waals surface area contributed by atoms with E-state index in [1.54, 1.807) is 11.8 Å². The maximum atomic E-state index is 3.72. The van der Waals surface area contributed by atoms with Crippen molar-refractivity contribution in [3.63, 3.8) is 0 Å². The largest absolute Gasteiger partial charge is 0.0988 e. The van der Waals surface area contributed by atoms with E-state index in [-0.39, 0.29) is 0 Å². The Morgan fingerprint density at radius 2 is 2.18 bits per heavy atom. The Balaban J connectivity index is 2.69. The smallest absolute Gasteiger partial charge is 0.0142 e. The fourth-order valence-electron chi connectivity index (χ4n) is 1.49. The molecule has 0 unspecified atom stereocenters. The van der Waals surface area contributed by atoms with Crippen molar-refractivity contribution in [2.24, 2.45) is 0 Å². The molecule has 1 aliphatic carbocycles. The first-order valence-corrected chi connectivity index (χ1v) is 6.68. The minimum Gasteiger partial charge on any atom is -0.0988 e. The van der Waals surface area contributed by atoms with Gasteiger partial charge in [-0.2, -0.15) is 0 Å². The second kappa shape index (κ2) is 7.18. The van der Waals surface area contributed by atoms with Crippen LogP contribution in [-0.2, 0) is 0 Å². The van der Waals surface area contributed by atoms with Crippen LogP contribution < -0.4 is 0 Å². The lowest BCUT2D eigenvalue weighted by Gasteiger charge is -2.00. The molecule has 0 aliphatic heterocycles. The fraction of sp³-hybridized carbons (Fsp3) is 0.250. The molecule has 0 N–H and O–H groups in total. The molecule has 1 heteroatoms. The maximum Gasteiger partial charge on any atom is 0.0142 e. The van der Waals surface area contributed by atoms with Crippen molar-refractivity contribution in [3.8, 4) is 0 Å². The average Bonchev–Trinajstić information content (AvgIpc) is 2.46. The van der Waals surface area contributed by atoms with E-state index < -0.39 is 0 Å². The van der Waals surface area contributed by atoms with Crippen LogP contribution in [0.1, 0.15) is 27.2 Å². The Morgan fingerprint density at radius 3 is 2.88 bits per heavy atom. The highest BCUT2D eigenvalue weighted by atomic mass is 32.2. The van der Waals surface area contributed by atoms with Gasteiger partial charge in [-0.25, -0.2) is 0 Å². The summed E-state index contributed by atoms with van der Waals surface area (Å²) < 4.78 is 0. The summed E-state index contributed by atoms with van der Waals surface area (Å²) in [5.74, 6) is 0. The first-order chi connectivity index (χ1) is 8.13. The van der Waals surface area contributed by atoms with E-state index in [1.807, 2.05) is 13.0 Å². The van der Waals surface area contributed by atoms with Crippen molar-refractivity contribution >= 4 is 11.8 Å². The summed E-state index contributed by atoms with van der Waals surface area (Å²) in [6.45, 7) is 10.1. The summed E-state index contributed by atoms with van der Waals surface area (Å²) >= 11 is 1.76. The van der Waals surface area contributed by atoms with Gasteiger partial charge in [0.2, 0.25) is 0 Å². The third-order valence-electron chi connectivity index (χ3n) is 2.52. The highest BCUT2D eigenvalue weighted by Crippen LogP contribution is 2.27. The van der Waals surface area contributed by atoms with Crippen LogP contribution >= 0.6 is 11.8 Å². The normalized spacial score (nSPS) is 17.4. The van der Waals surface area contributed by atoms with Crippen molar-refractivity contribution in [1.82, 2.24) is 0 Å². The summed E-state index contributed by atoms with van der Waals surface area (Å²) in [4.78, 5) is 1.32. The Bertz CT molecular complexity index is 428. The highest BCUT2D eigenvalue weighted by molar-refractivity contribution is 8.06. The van der Waals surface area contributed by atoms with Gasteiger partial charge in [0.1, 0.15) is 0 Å². The summed E-state index contributed by atoms with van der Waals surface area (Å²) in [6.07, 6.45) is 13.7. The van der Waals surface area contributed by atoms with Crippen molar-refractivity contribution in [2.45, 2.75) is 27.2 Å². The van der Waals surface area contributed by atoms with E-state index in [9.17, 15) is 0 Å². The molecule has 1 rings (SSSR count). The summed E-state index contributed by atoms with van der Waals surface area (Å²) in [6, 6.07) is 0. The number of thioether (sulfide) groups is 1. The molecule has 17 heavy (non-hydrogen) atoms. The SMILES string of the molecule is C=C/C(C)=C\C=C\SC1=C(C)C=C(C)CC=C1. The molecule has 0 fully saturated rings. The average molecular weight is 244 g/mol. The third kappa shape index (κ3) is 5.10. The first-order valence-electron chi connectivity index (χ1n) is 5.80. The van der Waals surface area contributed by atoms with Crippen LogP contribution in [0.4, 0.5) is 0 Å². The predicted molar refractivity (Wildman–Crippen MR) is 80.9 cm³/mol. The van der Waals surface area contributed by atoms with E-state index >= 15 is 0 Å². The van der Waals surface area contributed by atoms with Crippen molar-refractivity contribution in [3.05, 3.63) is 70.1 Å². The van der Waals surface area contributed by atoms with Crippen LogP contribution in [0, 0.1) is 0 Å². The van der Waals surface area contributed by atoms with Crippen molar-refractivity contribution in [1.29, 1.82) is 0 Å². The summed E-state index contributed by atoms with van der Waals surface area (Å²) in [5, 5.41) is 2.12. The van der Waals surface area contributed by atoms with Gasteiger partial charge in [0.15, 0.2) is 0 Å².